The molecule has 0 aliphatic rings. The van der Waals surface area contributed by atoms with Crippen LogP contribution in [0.2, 0.25) is 0 Å². The summed E-state index contributed by atoms with van der Waals surface area (Å²) in [7, 11) is 0. The summed E-state index contributed by atoms with van der Waals surface area (Å²) < 4.78 is 14.9. The van der Waals surface area contributed by atoms with Crippen molar-refractivity contribution in [3.05, 3.63) is 40.9 Å². The van der Waals surface area contributed by atoms with Crippen molar-refractivity contribution >= 4 is 39.8 Å². The highest BCUT2D eigenvalue weighted by Crippen LogP contribution is 2.20. The molecular formula is C17H20FN7OS2. The van der Waals surface area contributed by atoms with E-state index in [1.165, 1.54) is 35.2 Å². The number of carbonyl (C=O) groups excluding carboxylic acids is 1. The first-order chi connectivity index (χ1) is 13.6. The first-order valence-corrected chi connectivity index (χ1v) is 10.6. The Balaban J connectivity index is 1.55. The van der Waals surface area contributed by atoms with Crippen molar-refractivity contribution in [2.24, 2.45) is 0 Å². The van der Waals surface area contributed by atoms with E-state index < -0.39 is 0 Å². The Morgan fingerprint density at radius 1 is 1.18 bits per heavy atom. The molecular weight excluding hydrogens is 401 g/mol. The van der Waals surface area contributed by atoms with E-state index in [0.29, 0.717) is 23.4 Å². The number of anilines is 2. The molecule has 3 rings (SSSR count). The molecule has 28 heavy (non-hydrogen) atoms. The number of hydrogen-bond donors (Lipinski definition) is 2. The van der Waals surface area contributed by atoms with Gasteiger partial charge >= 0.3 is 0 Å². The minimum atomic E-state index is -0.279. The second-order valence-corrected chi connectivity index (χ2v) is 7.70. The van der Waals surface area contributed by atoms with Crippen LogP contribution < -0.4 is 10.6 Å². The van der Waals surface area contributed by atoms with E-state index in [-0.39, 0.29) is 17.5 Å². The molecule has 0 spiro atoms. The van der Waals surface area contributed by atoms with Gasteiger partial charge in [0.15, 0.2) is 11.0 Å². The summed E-state index contributed by atoms with van der Waals surface area (Å²) in [6, 6.07) is 6.13. The fourth-order valence-corrected chi connectivity index (χ4v) is 3.87. The summed E-state index contributed by atoms with van der Waals surface area (Å²) in [5.74, 6) is 0.496. The van der Waals surface area contributed by atoms with Crippen LogP contribution in [0.3, 0.4) is 0 Å². The van der Waals surface area contributed by atoms with Gasteiger partial charge in [0.05, 0.1) is 12.3 Å². The summed E-state index contributed by atoms with van der Waals surface area (Å²) in [6.45, 7) is 5.10. The summed E-state index contributed by atoms with van der Waals surface area (Å²) in [4.78, 5) is 12.1. The molecule has 2 aromatic heterocycles. The lowest BCUT2D eigenvalue weighted by molar-refractivity contribution is -0.113. The maximum Gasteiger partial charge on any atom is 0.236 e. The quantitative estimate of drug-likeness (QED) is 0.512. The molecule has 8 nitrogen and oxygen atoms in total. The number of nitrogens with one attached hydrogen (secondary N) is 2. The topological polar surface area (TPSA) is 97.6 Å². The maximum absolute atomic E-state index is 13.0. The Kier molecular flexibility index (Phi) is 6.93. The largest absolute Gasteiger partial charge is 0.378 e. The maximum atomic E-state index is 13.0. The van der Waals surface area contributed by atoms with Crippen molar-refractivity contribution in [1.82, 2.24) is 25.0 Å². The second-order valence-electron chi connectivity index (χ2n) is 5.69. The van der Waals surface area contributed by atoms with Gasteiger partial charge in [0, 0.05) is 12.2 Å². The van der Waals surface area contributed by atoms with E-state index in [4.69, 9.17) is 0 Å². The zero-order chi connectivity index (χ0) is 19.9. The molecule has 2 heterocycles. The van der Waals surface area contributed by atoms with Gasteiger partial charge in [-0.3, -0.25) is 10.1 Å². The lowest BCUT2D eigenvalue weighted by atomic mass is 10.3. The minimum Gasteiger partial charge on any atom is -0.378 e. The fourth-order valence-electron chi connectivity index (χ4n) is 2.36. The van der Waals surface area contributed by atoms with E-state index in [1.54, 1.807) is 12.1 Å². The number of halogens is 1. The van der Waals surface area contributed by atoms with E-state index in [2.05, 4.69) is 31.0 Å². The first kappa shape index (κ1) is 20.2. The molecule has 0 bridgehead atoms. The molecule has 148 valence electrons. The highest BCUT2D eigenvalue weighted by atomic mass is 32.2. The fraction of sp³-hybridized carbons (Fsp3) is 0.353. The Morgan fingerprint density at radius 3 is 2.64 bits per heavy atom. The van der Waals surface area contributed by atoms with E-state index in [1.807, 2.05) is 18.4 Å². The van der Waals surface area contributed by atoms with Crippen LogP contribution >= 0.6 is 23.1 Å². The Bertz CT molecular complexity index is 926. The van der Waals surface area contributed by atoms with E-state index >= 15 is 0 Å². The van der Waals surface area contributed by atoms with Gasteiger partial charge in [0.25, 0.3) is 0 Å². The number of benzene rings is 1. The number of nitrogens with zero attached hydrogens (tertiary/aromatic N) is 5. The highest BCUT2D eigenvalue weighted by Gasteiger charge is 2.14. The molecule has 0 aliphatic carbocycles. The SMILES string of the molecule is CCc1nnc(NC(=O)CSc2nnc(CNc3ccc(F)cc3)n2CC)s1. The average Bonchev–Trinajstić information content (AvgIpc) is 3.32. The third-order valence-corrected chi connectivity index (χ3v) is 5.70. The summed E-state index contributed by atoms with van der Waals surface area (Å²) >= 11 is 2.68. The zero-order valence-corrected chi connectivity index (χ0v) is 17.1. The predicted octanol–water partition coefficient (Wildman–Crippen LogP) is 3.19. The number of hydrogen-bond acceptors (Lipinski definition) is 8. The van der Waals surface area contributed by atoms with Gasteiger partial charge in [0.2, 0.25) is 11.0 Å². The van der Waals surface area contributed by atoms with E-state index in [9.17, 15) is 9.18 Å². The number of rotatable bonds is 9. The average molecular weight is 422 g/mol. The van der Waals surface area contributed by atoms with Crippen LogP contribution in [-0.2, 0) is 24.3 Å². The molecule has 0 aliphatic heterocycles. The number of carbonyl (C=O) groups is 1. The standard InChI is InChI=1S/C17H20FN7OS2/c1-3-15-22-23-16(28-15)20-14(26)10-27-17-24-21-13(25(17)4-2)9-19-12-7-5-11(18)6-8-12/h5-8,19H,3-4,9-10H2,1-2H3,(H,20,23,26). The van der Waals surface area contributed by atoms with Gasteiger partial charge in [0.1, 0.15) is 10.8 Å². The highest BCUT2D eigenvalue weighted by molar-refractivity contribution is 7.99. The van der Waals surface area contributed by atoms with Crippen LogP contribution in [0.1, 0.15) is 24.7 Å². The van der Waals surface area contributed by atoms with E-state index in [0.717, 1.165) is 22.9 Å². The molecule has 1 aromatic carbocycles. The van der Waals surface area contributed by atoms with Crippen molar-refractivity contribution < 1.29 is 9.18 Å². The summed E-state index contributed by atoms with van der Waals surface area (Å²) in [5, 5.41) is 24.3. The summed E-state index contributed by atoms with van der Waals surface area (Å²) in [6.07, 6.45) is 0.788. The van der Waals surface area contributed by atoms with Crippen molar-refractivity contribution in [1.29, 1.82) is 0 Å². The number of aromatic nitrogens is 5. The predicted molar refractivity (Wildman–Crippen MR) is 108 cm³/mol. The Hall–Kier alpha value is -2.53. The Morgan fingerprint density at radius 2 is 1.96 bits per heavy atom. The van der Waals surface area contributed by atoms with Crippen molar-refractivity contribution in [3.63, 3.8) is 0 Å². The van der Waals surface area contributed by atoms with Crippen LogP contribution in [0.15, 0.2) is 29.4 Å². The molecule has 0 unspecified atom stereocenters. The van der Waals surface area contributed by atoms with Crippen molar-refractivity contribution in [2.45, 2.75) is 38.5 Å². The van der Waals surface area contributed by atoms with Gasteiger partial charge in [-0.05, 0) is 37.6 Å². The van der Waals surface area contributed by atoms with Crippen molar-refractivity contribution in [2.75, 3.05) is 16.4 Å². The van der Waals surface area contributed by atoms with Gasteiger partial charge in [-0.15, -0.1) is 20.4 Å². The normalized spacial score (nSPS) is 10.8. The smallest absolute Gasteiger partial charge is 0.236 e. The molecule has 0 radical (unpaired) electrons. The Labute approximate surface area is 170 Å². The monoisotopic (exact) mass is 421 g/mol. The molecule has 1 amide bonds. The van der Waals surface area contributed by atoms with Crippen LogP contribution in [-0.4, -0.2) is 36.6 Å². The molecule has 0 saturated carbocycles. The first-order valence-electron chi connectivity index (χ1n) is 8.75. The molecule has 0 fully saturated rings. The van der Waals surface area contributed by atoms with Gasteiger partial charge in [-0.2, -0.15) is 0 Å². The minimum absolute atomic E-state index is 0.166. The van der Waals surface area contributed by atoms with Gasteiger partial charge in [-0.25, -0.2) is 4.39 Å². The third kappa shape index (κ3) is 5.26. The van der Waals surface area contributed by atoms with Crippen molar-refractivity contribution in [3.8, 4) is 0 Å². The van der Waals surface area contributed by atoms with Crippen LogP contribution in [0.25, 0.3) is 0 Å². The van der Waals surface area contributed by atoms with Crippen LogP contribution in [0.4, 0.5) is 15.2 Å². The molecule has 0 saturated heterocycles. The van der Waals surface area contributed by atoms with Crippen LogP contribution in [0.5, 0.6) is 0 Å². The summed E-state index contributed by atoms with van der Waals surface area (Å²) in [5.41, 5.74) is 0.795. The van der Waals surface area contributed by atoms with Gasteiger partial charge in [-0.1, -0.05) is 30.0 Å². The zero-order valence-electron chi connectivity index (χ0n) is 15.5. The lowest BCUT2D eigenvalue weighted by Gasteiger charge is -2.09. The molecule has 11 heteroatoms. The second kappa shape index (κ2) is 9.60. The van der Waals surface area contributed by atoms with Gasteiger partial charge < -0.3 is 9.88 Å². The lowest BCUT2D eigenvalue weighted by Crippen LogP contribution is -2.15. The van der Waals surface area contributed by atoms with Crippen LogP contribution in [0, 0.1) is 5.82 Å². The molecule has 2 N–H and O–H groups in total. The number of thioether (sulfide) groups is 1. The molecule has 3 aromatic rings. The number of amides is 1. The number of aryl methyl sites for hydroxylation is 1. The molecule has 0 atom stereocenters. The third-order valence-electron chi connectivity index (χ3n) is 3.75.